The predicted molar refractivity (Wildman–Crippen MR) is 99.4 cm³/mol. The molecule has 4 heteroatoms. The van der Waals surface area contributed by atoms with Crippen molar-refractivity contribution in [3.05, 3.63) is 54.1 Å². The molecule has 0 aromatic heterocycles. The van der Waals surface area contributed by atoms with Gasteiger partial charge in [-0.2, -0.15) is 0 Å². The molecule has 2 heterocycles. The molecule has 0 spiro atoms. The van der Waals surface area contributed by atoms with E-state index in [-0.39, 0.29) is 11.8 Å². The molecule has 0 bridgehead atoms. The van der Waals surface area contributed by atoms with Gasteiger partial charge in [0, 0.05) is 19.4 Å². The van der Waals surface area contributed by atoms with Crippen molar-refractivity contribution in [3.63, 3.8) is 0 Å². The first-order chi connectivity index (χ1) is 11.5. The summed E-state index contributed by atoms with van der Waals surface area (Å²) in [5.74, 6) is 3.46. The van der Waals surface area contributed by atoms with Gasteiger partial charge in [0.1, 0.15) is 18.2 Å². The standard InChI is InChI=1S/C20H24NO2Si/c1-20(2)13-23-19-15-9-5-7-11-17(15)24(4,14-21(19)20)18-12-8-6-10-16(18)22-3/h5-12,14,19H,13H2,1-4H3/q+1. The Balaban J connectivity index is 2.01. The minimum Gasteiger partial charge on any atom is -0.497 e. The quantitative estimate of drug-likeness (QED) is 0.619. The van der Waals surface area contributed by atoms with Crippen LogP contribution in [-0.4, -0.2) is 37.7 Å². The lowest BCUT2D eigenvalue weighted by molar-refractivity contribution is -0.628. The fraction of sp³-hybridized carbons (Fsp3) is 0.350. The van der Waals surface area contributed by atoms with E-state index in [1.165, 1.54) is 15.9 Å². The molecule has 0 aliphatic carbocycles. The average Bonchev–Trinajstić information content (AvgIpc) is 2.90. The Labute approximate surface area is 144 Å². The fourth-order valence-electron chi connectivity index (χ4n) is 4.06. The number of hydrogen-bond acceptors (Lipinski definition) is 2. The highest BCUT2D eigenvalue weighted by Gasteiger charge is 2.54. The van der Waals surface area contributed by atoms with Gasteiger partial charge >= 0.3 is 0 Å². The third-order valence-corrected chi connectivity index (χ3v) is 9.30. The predicted octanol–water partition coefficient (Wildman–Crippen LogP) is 2.33. The van der Waals surface area contributed by atoms with Crippen molar-refractivity contribution in [2.24, 2.45) is 0 Å². The van der Waals surface area contributed by atoms with Crippen LogP contribution in [0.1, 0.15) is 25.6 Å². The molecule has 2 aliphatic heterocycles. The number of rotatable bonds is 2. The largest absolute Gasteiger partial charge is 0.497 e. The number of ether oxygens (including phenoxy) is 2. The van der Waals surface area contributed by atoms with E-state index >= 15 is 0 Å². The Hall–Kier alpha value is -1.91. The number of methoxy groups -OCH3 is 1. The van der Waals surface area contributed by atoms with Crippen LogP contribution in [0.3, 0.4) is 0 Å². The van der Waals surface area contributed by atoms with Crippen LogP contribution >= 0.6 is 0 Å². The van der Waals surface area contributed by atoms with Crippen LogP contribution in [0.5, 0.6) is 5.75 Å². The number of fused-ring (bicyclic) bond motifs is 3. The Morgan fingerprint density at radius 2 is 1.75 bits per heavy atom. The summed E-state index contributed by atoms with van der Waals surface area (Å²) in [6.45, 7) is 7.68. The van der Waals surface area contributed by atoms with Gasteiger partial charge in [0.05, 0.1) is 7.11 Å². The van der Waals surface area contributed by atoms with E-state index < -0.39 is 8.07 Å². The molecule has 4 rings (SSSR count). The summed E-state index contributed by atoms with van der Waals surface area (Å²) >= 11 is 0. The van der Waals surface area contributed by atoms with E-state index in [4.69, 9.17) is 9.47 Å². The van der Waals surface area contributed by atoms with Crippen molar-refractivity contribution >= 4 is 24.3 Å². The second-order valence-corrected chi connectivity index (χ2v) is 11.2. The number of nitrogens with zero attached hydrogens (tertiary/aromatic N) is 1. The van der Waals surface area contributed by atoms with E-state index in [0.717, 1.165) is 12.4 Å². The van der Waals surface area contributed by atoms with E-state index in [2.05, 4.69) is 73.3 Å². The molecule has 124 valence electrons. The lowest BCUT2D eigenvalue weighted by Crippen LogP contribution is -2.64. The van der Waals surface area contributed by atoms with Crippen molar-refractivity contribution in [2.45, 2.75) is 32.2 Å². The van der Waals surface area contributed by atoms with Gasteiger partial charge in [0.15, 0.2) is 5.54 Å². The van der Waals surface area contributed by atoms with Crippen molar-refractivity contribution in [1.82, 2.24) is 0 Å². The Bertz CT molecular complexity index is 830. The number of benzene rings is 2. The molecule has 0 amide bonds. The molecule has 0 radical (unpaired) electrons. The fourth-order valence-corrected chi connectivity index (χ4v) is 8.06. The summed E-state index contributed by atoms with van der Waals surface area (Å²) in [7, 11) is -0.317. The van der Waals surface area contributed by atoms with Gasteiger partial charge < -0.3 is 9.47 Å². The zero-order chi connectivity index (χ0) is 16.9. The minimum atomic E-state index is -2.08. The number of hydrogen-bond donors (Lipinski definition) is 0. The lowest BCUT2D eigenvalue weighted by atomic mass is 10.1. The first kappa shape index (κ1) is 15.6. The molecule has 2 unspecified atom stereocenters. The van der Waals surface area contributed by atoms with Gasteiger partial charge in [-0.25, -0.2) is 4.58 Å². The van der Waals surface area contributed by atoms with E-state index in [1.54, 1.807) is 7.11 Å². The van der Waals surface area contributed by atoms with Crippen molar-refractivity contribution in [3.8, 4) is 5.75 Å². The summed E-state index contributed by atoms with van der Waals surface area (Å²) in [4.78, 5) is 0. The third-order valence-electron chi connectivity index (χ3n) is 5.40. The van der Waals surface area contributed by atoms with Crippen LogP contribution in [0.25, 0.3) is 0 Å². The summed E-state index contributed by atoms with van der Waals surface area (Å²) in [5, 5.41) is 2.74. The van der Waals surface area contributed by atoms with Gasteiger partial charge in [-0.05, 0) is 22.5 Å². The maximum Gasteiger partial charge on any atom is 0.284 e. The Kier molecular flexibility index (Phi) is 3.44. The van der Waals surface area contributed by atoms with Gasteiger partial charge in [0.2, 0.25) is 8.07 Å². The monoisotopic (exact) mass is 338 g/mol. The molecule has 0 N–H and O–H groups in total. The van der Waals surface area contributed by atoms with Crippen LogP contribution in [0.2, 0.25) is 6.55 Å². The van der Waals surface area contributed by atoms with Crippen LogP contribution in [0, 0.1) is 0 Å². The van der Waals surface area contributed by atoms with Crippen molar-refractivity contribution < 1.29 is 14.0 Å². The maximum absolute atomic E-state index is 6.17. The number of para-hydroxylation sites is 1. The molecule has 1 fully saturated rings. The van der Waals surface area contributed by atoms with Gasteiger partial charge in [0.25, 0.3) is 6.23 Å². The average molecular weight is 339 g/mol. The topological polar surface area (TPSA) is 21.5 Å². The highest BCUT2D eigenvalue weighted by atomic mass is 28.3. The SMILES string of the molecule is COc1ccccc1[Si]1(C)C=[N+]2C(OCC2(C)C)c2ccccc21. The Morgan fingerprint density at radius 3 is 2.50 bits per heavy atom. The molecule has 3 nitrogen and oxygen atoms in total. The molecular formula is C20H24NO2Si+. The van der Waals surface area contributed by atoms with E-state index in [0.29, 0.717) is 0 Å². The first-order valence-corrected chi connectivity index (χ1v) is 11.0. The molecule has 2 aliphatic rings. The Morgan fingerprint density at radius 1 is 1.08 bits per heavy atom. The molecule has 2 aromatic carbocycles. The van der Waals surface area contributed by atoms with Crippen LogP contribution in [-0.2, 0) is 4.74 Å². The molecule has 2 aromatic rings. The zero-order valence-electron chi connectivity index (χ0n) is 14.7. The van der Waals surface area contributed by atoms with Crippen molar-refractivity contribution in [1.29, 1.82) is 0 Å². The second-order valence-electron chi connectivity index (χ2n) is 7.50. The summed E-state index contributed by atoms with van der Waals surface area (Å²) < 4.78 is 14.3. The van der Waals surface area contributed by atoms with Gasteiger partial charge in [-0.15, -0.1) is 0 Å². The maximum atomic E-state index is 6.17. The first-order valence-electron chi connectivity index (χ1n) is 8.46. The van der Waals surface area contributed by atoms with Crippen LogP contribution < -0.4 is 15.1 Å². The van der Waals surface area contributed by atoms with E-state index in [1.807, 2.05) is 6.07 Å². The smallest absolute Gasteiger partial charge is 0.284 e. The van der Waals surface area contributed by atoms with E-state index in [9.17, 15) is 0 Å². The molecule has 24 heavy (non-hydrogen) atoms. The van der Waals surface area contributed by atoms with Crippen LogP contribution in [0.4, 0.5) is 0 Å². The van der Waals surface area contributed by atoms with Crippen LogP contribution in [0.15, 0.2) is 48.5 Å². The summed E-state index contributed by atoms with van der Waals surface area (Å²) in [6, 6.07) is 17.2. The highest BCUT2D eigenvalue weighted by Crippen LogP contribution is 2.35. The second kappa shape index (κ2) is 5.29. The molecule has 0 saturated carbocycles. The molecule has 2 atom stereocenters. The van der Waals surface area contributed by atoms with Gasteiger partial charge in [-0.1, -0.05) is 42.9 Å². The normalized spacial score (nSPS) is 27.2. The third kappa shape index (κ3) is 2.10. The molecular weight excluding hydrogens is 314 g/mol. The zero-order valence-corrected chi connectivity index (χ0v) is 15.7. The summed E-state index contributed by atoms with van der Waals surface area (Å²) in [6.07, 6.45) is 0.0338. The summed E-state index contributed by atoms with van der Waals surface area (Å²) in [5.41, 5.74) is 1.32. The lowest BCUT2D eigenvalue weighted by Gasteiger charge is -2.32. The minimum absolute atomic E-state index is 0.00841. The molecule has 1 saturated heterocycles. The van der Waals surface area contributed by atoms with Gasteiger partial charge in [-0.3, -0.25) is 0 Å². The highest BCUT2D eigenvalue weighted by molar-refractivity contribution is 7.19. The van der Waals surface area contributed by atoms with Crippen molar-refractivity contribution in [2.75, 3.05) is 13.7 Å².